The van der Waals surface area contributed by atoms with Crippen LogP contribution < -0.4 is 10.5 Å². The molecular formula is C12H10ClFN2O. The van der Waals surface area contributed by atoms with E-state index in [2.05, 4.69) is 4.98 Å². The Labute approximate surface area is 103 Å². The smallest absolute Gasteiger partial charge is 0.238 e. The van der Waals surface area contributed by atoms with Crippen LogP contribution >= 0.6 is 11.6 Å². The van der Waals surface area contributed by atoms with Crippen LogP contribution in [0.2, 0.25) is 5.02 Å². The van der Waals surface area contributed by atoms with E-state index in [1.54, 1.807) is 12.1 Å². The third kappa shape index (κ3) is 2.65. The van der Waals surface area contributed by atoms with E-state index in [4.69, 9.17) is 22.1 Å². The Morgan fingerprint density at radius 3 is 2.82 bits per heavy atom. The number of nitrogens with zero attached hydrogens (tertiary/aromatic N) is 1. The van der Waals surface area contributed by atoms with Gasteiger partial charge in [-0.3, -0.25) is 0 Å². The molecule has 0 radical (unpaired) electrons. The molecule has 0 saturated heterocycles. The number of ether oxygens (including phenoxy) is 1. The summed E-state index contributed by atoms with van der Waals surface area (Å²) in [6, 6.07) is 6.05. The van der Waals surface area contributed by atoms with Crippen molar-refractivity contribution in [1.29, 1.82) is 0 Å². The molecule has 17 heavy (non-hydrogen) atoms. The summed E-state index contributed by atoms with van der Waals surface area (Å²) in [5, 5.41) is 0.242. The van der Waals surface area contributed by atoms with E-state index in [9.17, 15) is 4.39 Å². The topological polar surface area (TPSA) is 48.1 Å². The first kappa shape index (κ1) is 11.7. The number of anilines is 1. The Morgan fingerprint density at radius 1 is 1.35 bits per heavy atom. The number of hydrogen-bond donors (Lipinski definition) is 1. The van der Waals surface area contributed by atoms with Gasteiger partial charge in [0.1, 0.15) is 5.02 Å². The van der Waals surface area contributed by atoms with Crippen LogP contribution in [0.3, 0.4) is 0 Å². The van der Waals surface area contributed by atoms with Crippen molar-refractivity contribution < 1.29 is 9.13 Å². The molecule has 0 atom stereocenters. The average Bonchev–Trinajstić information content (AvgIpc) is 2.27. The van der Waals surface area contributed by atoms with Crippen LogP contribution in [0.5, 0.6) is 11.6 Å². The number of rotatable bonds is 2. The molecule has 0 spiro atoms. The fourth-order valence-electron chi connectivity index (χ4n) is 1.31. The molecule has 0 fully saturated rings. The van der Waals surface area contributed by atoms with E-state index in [-0.39, 0.29) is 16.7 Å². The fourth-order valence-corrected chi connectivity index (χ4v) is 1.52. The summed E-state index contributed by atoms with van der Waals surface area (Å²) in [5.74, 6) is -0.250. The second kappa shape index (κ2) is 4.59. The molecule has 0 amide bonds. The summed E-state index contributed by atoms with van der Waals surface area (Å²) in [4.78, 5) is 3.90. The van der Waals surface area contributed by atoms with Gasteiger partial charge in [-0.1, -0.05) is 17.7 Å². The second-order valence-corrected chi connectivity index (χ2v) is 4.00. The first-order valence-corrected chi connectivity index (χ1v) is 5.29. The number of hydrogen-bond acceptors (Lipinski definition) is 3. The maximum absolute atomic E-state index is 13.4. The first-order chi connectivity index (χ1) is 8.06. The van der Waals surface area contributed by atoms with Crippen LogP contribution in [0, 0.1) is 12.7 Å². The molecule has 1 aromatic heterocycles. The minimum absolute atomic E-state index is 0.0872. The van der Waals surface area contributed by atoms with Gasteiger partial charge in [0.2, 0.25) is 5.88 Å². The molecule has 0 aliphatic carbocycles. The number of nitrogen functional groups attached to an aromatic ring is 1. The van der Waals surface area contributed by atoms with E-state index < -0.39 is 5.82 Å². The lowest BCUT2D eigenvalue weighted by Crippen LogP contribution is -1.94. The molecule has 2 aromatic rings. The fraction of sp³-hybridized carbons (Fsp3) is 0.0833. The van der Waals surface area contributed by atoms with Crippen molar-refractivity contribution in [2.75, 3.05) is 5.73 Å². The third-order valence-electron chi connectivity index (χ3n) is 2.12. The van der Waals surface area contributed by atoms with Crippen LogP contribution in [0.4, 0.5) is 10.1 Å². The number of benzene rings is 1. The molecule has 88 valence electrons. The van der Waals surface area contributed by atoms with Crippen molar-refractivity contribution in [3.05, 3.63) is 46.9 Å². The summed E-state index contributed by atoms with van der Waals surface area (Å²) in [6.07, 6.45) is 1.40. The van der Waals surface area contributed by atoms with Gasteiger partial charge in [0, 0.05) is 0 Å². The number of aryl methyl sites for hydroxylation is 1. The Kier molecular flexibility index (Phi) is 3.15. The lowest BCUT2D eigenvalue weighted by molar-refractivity contribution is 0.427. The van der Waals surface area contributed by atoms with E-state index >= 15 is 0 Å². The molecule has 0 bridgehead atoms. The highest BCUT2D eigenvalue weighted by atomic mass is 35.5. The van der Waals surface area contributed by atoms with Crippen molar-refractivity contribution in [2.45, 2.75) is 6.92 Å². The predicted octanol–water partition coefficient (Wildman–Crippen LogP) is 3.56. The van der Waals surface area contributed by atoms with Gasteiger partial charge in [-0.15, -0.1) is 0 Å². The molecule has 1 heterocycles. The molecule has 5 heteroatoms. The molecule has 3 nitrogen and oxygen atoms in total. The van der Waals surface area contributed by atoms with Crippen LogP contribution in [0.15, 0.2) is 30.5 Å². The molecule has 2 N–H and O–H groups in total. The minimum atomic E-state index is -0.467. The van der Waals surface area contributed by atoms with Gasteiger partial charge in [0.05, 0.1) is 11.9 Å². The highest BCUT2D eigenvalue weighted by molar-refractivity contribution is 6.32. The second-order valence-electron chi connectivity index (χ2n) is 3.59. The SMILES string of the molecule is Cc1ccc(F)c(Oc2ncc(N)cc2Cl)c1. The van der Waals surface area contributed by atoms with Gasteiger partial charge in [-0.25, -0.2) is 9.37 Å². The van der Waals surface area contributed by atoms with Crippen LogP contribution in [-0.2, 0) is 0 Å². The largest absolute Gasteiger partial charge is 0.434 e. The number of pyridine rings is 1. The van der Waals surface area contributed by atoms with Gasteiger partial charge in [0.15, 0.2) is 11.6 Å². The lowest BCUT2D eigenvalue weighted by Gasteiger charge is -2.08. The highest BCUT2D eigenvalue weighted by Gasteiger charge is 2.09. The van der Waals surface area contributed by atoms with E-state index in [0.717, 1.165) is 5.56 Å². The Bertz CT molecular complexity index is 560. The number of nitrogens with two attached hydrogens (primary N) is 1. The molecule has 0 aliphatic heterocycles. The van der Waals surface area contributed by atoms with E-state index in [1.807, 2.05) is 6.92 Å². The minimum Gasteiger partial charge on any atom is -0.434 e. The van der Waals surface area contributed by atoms with Crippen LogP contribution in [0.1, 0.15) is 5.56 Å². The maximum Gasteiger partial charge on any atom is 0.238 e. The summed E-state index contributed by atoms with van der Waals surface area (Å²) in [5.41, 5.74) is 6.80. The molecule has 1 aromatic carbocycles. The summed E-state index contributed by atoms with van der Waals surface area (Å²) in [7, 11) is 0. The average molecular weight is 253 g/mol. The normalized spacial score (nSPS) is 10.3. The standard InChI is InChI=1S/C12H10ClFN2O/c1-7-2-3-10(14)11(4-7)17-12-9(13)5-8(15)6-16-12/h2-6H,15H2,1H3. The Balaban J connectivity index is 2.34. The van der Waals surface area contributed by atoms with Gasteiger partial charge >= 0.3 is 0 Å². The van der Waals surface area contributed by atoms with Crippen molar-refractivity contribution >= 4 is 17.3 Å². The molecule has 0 saturated carbocycles. The molecule has 2 rings (SSSR count). The predicted molar refractivity (Wildman–Crippen MR) is 64.9 cm³/mol. The van der Waals surface area contributed by atoms with Crippen molar-refractivity contribution in [3.8, 4) is 11.6 Å². The Hall–Kier alpha value is -1.81. The zero-order chi connectivity index (χ0) is 12.4. The van der Waals surface area contributed by atoms with Crippen LogP contribution in [-0.4, -0.2) is 4.98 Å². The van der Waals surface area contributed by atoms with E-state index in [0.29, 0.717) is 5.69 Å². The summed E-state index contributed by atoms with van der Waals surface area (Å²) < 4.78 is 18.7. The third-order valence-corrected chi connectivity index (χ3v) is 2.39. The quantitative estimate of drug-likeness (QED) is 0.889. The van der Waals surface area contributed by atoms with Gasteiger partial charge in [-0.2, -0.15) is 0 Å². The van der Waals surface area contributed by atoms with Crippen molar-refractivity contribution in [2.24, 2.45) is 0 Å². The maximum atomic E-state index is 13.4. The number of halogens is 2. The highest BCUT2D eigenvalue weighted by Crippen LogP contribution is 2.30. The Morgan fingerprint density at radius 2 is 2.12 bits per heavy atom. The van der Waals surface area contributed by atoms with Gasteiger partial charge in [-0.05, 0) is 30.7 Å². The molecular weight excluding hydrogens is 243 g/mol. The lowest BCUT2D eigenvalue weighted by atomic mass is 10.2. The van der Waals surface area contributed by atoms with Crippen molar-refractivity contribution in [1.82, 2.24) is 4.98 Å². The van der Waals surface area contributed by atoms with Gasteiger partial charge < -0.3 is 10.5 Å². The molecule has 0 unspecified atom stereocenters. The van der Waals surface area contributed by atoms with E-state index in [1.165, 1.54) is 18.3 Å². The first-order valence-electron chi connectivity index (χ1n) is 4.91. The summed E-state index contributed by atoms with van der Waals surface area (Å²) >= 11 is 5.88. The monoisotopic (exact) mass is 252 g/mol. The van der Waals surface area contributed by atoms with Crippen molar-refractivity contribution in [3.63, 3.8) is 0 Å². The molecule has 0 aliphatic rings. The van der Waals surface area contributed by atoms with Gasteiger partial charge in [0.25, 0.3) is 0 Å². The number of aromatic nitrogens is 1. The zero-order valence-corrected chi connectivity index (χ0v) is 9.83. The summed E-state index contributed by atoms with van der Waals surface area (Å²) in [6.45, 7) is 1.84. The van der Waals surface area contributed by atoms with Crippen LogP contribution in [0.25, 0.3) is 0 Å². The zero-order valence-electron chi connectivity index (χ0n) is 9.08.